The van der Waals surface area contributed by atoms with Crippen LogP contribution in [0.2, 0.25) is 0 Å². The minimum atomic E-state index is 0.458. The van der Waals surface area contributed by atoms with Gasteiger partial charge >= 0.3 is 0 Å². The first kappa shape index (κ1) is 9.15. The topological polar surface area (TPSA) is 66.0 Å². The van der Waals surface area contributed by atoms with E-state index < -0.39 is 0 Å². The molecule has 0 saturated heterocycles. The molecule has 1 rings (SSSR count). The molecule has 0 aliphatic heterocycles. The molecule has 1 heterocycles. The number of hydrogen-bond donors (Lipinski definition) is 1. The summed E-state index contributed by atoms with van der Waals surface area (Å²) in [6.07, 6.45) is 4.24. The number of aryl methyl sites for hydroxylation is 1. The third-order valence-electron chi connectivity index (χ3n) is 1.70. The van der Waals surface area contributed by atoms with Gasteiger partial charge in [-0.2, -0.15) is 5.10 Å². The average Bonchev–Trinajstić information content (AvgIpc) is 2.53. The highest BCUT2D eigenvalue weighted by molar-refractivity contribution is 4.58. The molecule has 2 N–H and O–H groups in total. The first-order chi connectivity index (χ1) is 5.83. The molecule has 5 nitrogen and oxygen atoms in total. The summed E-state index contributed by atoms with van der Waals surface area (Å²) in [4.78, 5) is 8.37. The van der Waals surface area contributed by atoms with Crippen LogP contribution in [0.15, 0.2) is 12.7 Å². The van der Waals surface area contributed by atoms with Gasteiger partial charge in [-0.15, -0.1) is 0 Å². The number of nitrogens with zero attached hydrogens (tertiary/aromatic N) is 3. The van der Waals surface area contributed by atoms with Gasteiger partial charge in [0.1, 0.15) is 12.7 Å². The van der Waals surface area contributed by atoms with Gasteiger partial charge in [0.05, 0.1) is 6.61 Å². The molecule has 1 atom stereocenters. The Morgan fingerprint density at radius 3 is 3.08 bits per heavy atom. The minimum absolute atomic E-state index is 0.458. The second-order valence-electron chi connectivity index (χ2n) is 2.89. The van der Waals surface area contributed by atoms with Crippen LogP contribution in [0.25, 0.3) is 0 Å². The molecule has 0 aromatic carbocycles. The van der Waals surface area contributed by atoms with Crippen molar-refractivity contribution in [1.29, 1.82) is 0 Å². The quantitative estimate of drug-likeness (QED) is 0.641. The maximum Gasteiger partial charge on any atom is 0.137 e. The molecule has 1 unspecified atom stereocenters. The van der Waals surface area contributed by atoms with Crippen molar-refractivity contribution < 1.29 is 4.84 Å². The Labute approximate surface area is 71.5 Å². The second-order valence-corrected chi connectivity index (χ2v) is 2.89. The lowest BCUT2D eigenvalue weighted by molar-refractivity contribution is 0.102. The van der Waals surface area contributed by atoms with Crippen molar-refractivity contribution in [2.24, 2.45) is 11.8 Å². The maximum atomic E-state index is 4.94. The molecule has 0 amide bonds. The van der Waals surface area contributed by atoms with Crippen molar-refractivity contribution in [3.63, 3.8) is 0 Å². The van der Waals surface area contributed by atoms with Gasteiger partial charge in [-0.3, -0.25) is 4.68 Å². The molecule has 5 heteroatoms. The lowest BCUT2D eigenvalue weighted by Gasteiger charge is -2.08. The van der Waals surface area contributed by atoms with Gasteiger partial charge in [0, 0.05) is 6.54 Å². The largest absolute Gasteiger partial charge is 0.304 e. The van der Waals surface area contributed by atoms with Crippen molar-refractivity contribution in [2.75, 3.05) is 6.61 Å². The smallest absolute Gasteiger partial charge is 0.137 e. The fourth-order valence-electron chi connectivity index (χ4n) is 0.948. The van der Waals surface area contributed by atoms with E-state index in [1.165, 1.54) is 6.33 Å². The van der Waals surface area contributed by atoms with E-state index in [9.17, 15) is 0 Å². The van der Waals surface area contributed by atoms with E-state index in [0.717, 1.165) is 13.0 Å². The zero-order chi connectivity index (χ0) is 8.81. The van der Waals surface area contributed by atoms with Gasteiger partial charge in [0.25, 0.3) is 0 Å². The van der Waals surface area contributed by atoms with Crippen molar-refractivity contribution in [3.8, 4) is 0 Å². The van der Waals surface area contributed by atoms with Crippen LogP contribution in [0.1, 0.15) is 13.3 Å². The molecule has 0 aliphatic carbocycles. The summed E-state index contributed by atoms with van der Waals surface area (Å²) in [6.45, 7) is 3.54. The normalized spacial score (nSPS) is 13.2. The van der Waals surface area contributed by atoms with E-state index in [4.69, 9.17) is 5.90 Å². The number of rotatable bonds is 5. The summed E-state index contributed by atoms with van der Waals surface area (Å²) in [5.41, 5.74) is 0. The number of nitrogens with two attached hydrogens (primary N) is 1. The predicted molar refractivity (Wildman–Crippen MR) is 43.9 cm³/mol. The predicted octanol–water partition coefficient (Wildman–Crippen LogP) is 0.195. The molecule has 1 aromatic heterocycles. The molecule has 0 spiro atoms. The molecule has 1 aromatic rings. The monoisotopic (exact) mass is 170 g/mol. The molecule has 0 fully saturated rings. The second kappa shape index (κ2) is 4.84. The van der Waals surface area contributed by atoms with E-state index in [2.05, 4.69) is 21.8 Å². The fourth-order valence-corrected chi connectivity index (χ4v) is 0.948. The Kier molecular flexibility index (Phi) is 3.69. The first-order valence-electron chi connectivity index (χ1n) is 3.97. The highest BCUT2D eigenvalue weighted by Gasteiger charge is 2.01. The minimum Gasteiger partial charge on any atom is -0.304 e. The zero-order valence-electron chi connectivity index (χ0n) is 7.18. The van der Waals surface area contributed by atoms with E-state index in [-0.39, 0.29) is 0 Å². The standard InChI is InChI=1S/C7H14N4O/c1-7(4-12-8)2-3-11-6-9-5-10-11/h5-7H,2-4,8H2,1H3. The Morgan fingerprint density at radius 1 is 1.67 bits per heavy atom. The SMILES string of the molecule is CC(CCn1cncn1)CON. The van der Waals surface area contributed by atoms with Crippen molar-refractivity contribution in [3.05, 3.63) is 12.7 Å². The summed E-state index contributed by atoms with van der Waals surface area (Å²) in [6, 6.07) is 0. The fraction of sp³-hybridized carbons (Fsp3) is 0.714. The summed E-state index contributed by atoms with van der Waals surface area (Å²) in [7, 11) is 0. The van der Waals surface area contributed by atoms with Crippen LogP contribution in [-0.2, 0) is 11.4 Å². The Bertz CT molecular complexity index is 199. The first-order valence-corrected chi connectivity index (χ1v) is 3.97. The molecule has 0 bridgehead atoms. The third-order valence-corrected chi connectivity index (χ3v) is 1.70. The summed E-state index contributed by atoms with van der Waals surface area (Å²) < 4.78 is 1.80. The van der Waals surface area contributed by atoms with Crippen LogP contribution in [0, 0.1) is 5.92 Å². The van der Waals surface area contributed by atoms with Gasteiger partial charge in [-0.25, -0.2) is 10.9 Å². The molecule has 0 radical (unpaired) electrons. The van der Waals surface area contributed by atoms with Crippen molar-refractivity contribution >= 4 is 0 Å². The van der Waals surface area contributed by atoms with Crippen LogP contribution >= 0.6 is 0 Å². The lowest BCUT2D eigenvalue weighted by atomic mass is 10.1. The Balaban J connectivity index is 2.17. The average molecular weight is 170 g/mol. The van der Waals surface area contributed by atoms with Crippen LogP contribution in [0.3, 0.4) is 0 Å². The highest BCUT2D eigenvalue weighted by atomic mass is 16.6. The maximum absolute atomic E-state index is 4.94. The lowest BCUT2D eigenvalue weighted by Crippen LogP contribution is -2.12. The number of aromatic nitrogens is 3. The van der Waals surface area contributed by atoms with Crippen LogP contribution < -0.4 is 5.90 Å². The van der Waals surface area contributed by atoms with Gasteiger partial charge in [-0.05, 0) is 12.3 Å². The summed E-state index contributed by atoms with van der Waals surface area (Å²) in [5, 5.41) is 3.98. The van der Waals surface area contributed by atoms with Crippen molar-refractivity contribution in [1.82, 2.24) is 14.8 Å². The molecular weight excluding hydrogens is 156 g/mol. The summed E-state index contributed by atoms with van der Waals surface area (Å²) >= 11 is 0. The Hall–Kier alpha value is -0.940. The van der Waals surface area contributed by atoms with Crippen LogP contribution in [0.4, 0.5) is 0 Å². The number of hydrogen-bond acceptors (Lipinski definition) is 4. The zero-order valence-corrected chi connectivity index (χ0v) is 7.18. The molecule has 12 heavy (non-hydrogen) atoms. The van der Waals surface area contributed by atoms with E-state index in [0.29, 0.717) is 12.5 Å². The van der Waals surface area contributed by atoms with Crippen LogP contribution in [-0.4, -0.2) is 21.4 Å². The van der Waals surface area contributed by atoms with E-state index >= 15 is 0 Å². The molecular formula is C7H14N4O. The molecule has 68 valence electrons. The van der Waals surface area contributed by atoms with E-state index in [1.54, 1.807) is 11.0 Å². The van der Waals surface area contributed by atoms with Gasteiger partial charge in [0.2, 0.25) is 0 Å². The van der Waals surface area contributed by atoms with Gasteiger partial charge in [-0.1, -0.05) is 6.92 Å². The summed E-state index contributed by atoms with van der Waals surface area (Å²) in [5.74, 6) is 5.40. The van der Waals surface area contributed by atoms with Crippen LogP contribution in [0.5, 0.6) is 0 Å². The van der Waals surface area contributed by atoms with Gasteiger partial charge < -0.3 is 4.84 Å². The third kappa shape index (κ3) is 2.98. The van der Waals surface area contributed by atoms with E-state index in [1.807, 2.05) is 0 Å². The van der Waals surface area contributed by atoms with Crippen molar-refractivity contribution in [2.45, 2.75) is 19.9 Å². The Morgan fingerprint density at radius 2 is 2.50 bits per heavy atom. The molecule has 0 saturated carbocycles. The highest BCUT2D eigenvalue weighted by Crippen LogP contribution is 2.02. The molecule has 0 aliphatic rings. The van der Waals surface area contributed by atoms with Gasteiger partial charge in [0.15, 0.2) is 0 Å².